The minimum atomic E-state index is -0.572. The highest BCUT2D eigenvalue weighted by atomic mass is 16.7. The number of fused-ring (bicyclic) bond motifs is 1. The zero-order valence-corrected chi connectivity index (χ0v) is 12.1. The lowest BCUT2D eigenvalue weighted by molar-refractivity contribution is -0.144. The average Bonchev–Trinajstić information content (AvgIpc) is 2.59. The molecule has 1 unspecified atom stereocenters. The first-order valence-electron chi connectivity index (χ1n) is 7.21. The van der Waals surface area contributed by atoms with Crippen molar-refractivity contribution in [2.45, 2.75) is 77.0 Å². The Hall–Kier alpha value is -0.870. The Balaban J connectivity index is 2.05. The van der Waals surface area contributed by atoms with Crippen LogP contribution in [-0.2, 0) is 19.0 Å². The van der Waals surface area contributed by atoms with E-state index < -0.39 is 5.79 Å². The predicted octanol–water partition coefficient (Wildman–Crippen LogP) is 2.96. The highest BCUT2D eigenvalue weighted by Crippen LogP contribution is 2.32. The molecule has 2 heterocycles. The van der Waals surface area contributed by atoms with Crippen molar-refractivity contribution in [1.29, 1.82) is 0 Å². The molecule has 4 heteroatoms. The molecule has 1 saturated heterocycles. The second-order valence-electron chi connectivity index (χ2n) is 5.88. The van der Waals surface area contributed by atoms with E-state index >= 15 is 0 Å². The second kappa shape index (κ2) is 6.06. The van der Waals surface area contributed by atoms with E-state index in [2.05, 4.69) is 0 Å². The van der Waals surface area contributed by atoms with Gasteiger partial charge >= 0.3 is 5.97 Å². The largest absolute Gasteiger partial charge is 0.460 e. The van der Waals surface area contributed by atoms with Crippen LogP contribution in [0.25, 0.3) is 0 Å². The fourth-order valence-corrected chi connectivity index (χ4v) is 2.67. The van der Waals surface area contributed by atoms with Crippen molar-refractivity contribution in [2.24, 2.45) is 0 Å². The quantitative estimate of drug-likeness (QED) is 0.634. The van der Waals surface area contributed by atoms with Gasteiger partial charge in [0.25, 0.3) is 0 Å². The van der Waals surface area contributed by atoms with E-state index in [0.29, 0.717) is 0 Å². The number of hydrogen-bond acceptors (Lipinski definition) is 4. The van der Waals surface area contributed by atoms with Gasteiger partial charge in [0, 0.05) is 6.08 Å². The molecule has 0 N–H and O–H groups in total. The van der Waals surface area contributed by atoms with Crippen molar-refractivity contribution < 1.29 is 19.0 Å². The standard InChI is InChI=1S/C15H24O4/c1-11-7-5-4-6-8-12-13(9-10-14(16)17-11)19-15(2,3)18-12/h9-13H,4-8H2,1-3H3/b10-9+/t11?,12-,13+/m0/s1. The molecule has 1 fully saturated rings. The molecule has 0 aromatic rings. The SMILES string of the molecule is CC1CCCCC[C@@H]2OC(C)(C)O[C@@H]2/C=C/C(=O)O1. The van der Waals surface area contributed by atoms with Crippen molar-refractivity contribution >= 4 is 5.97 Å². The Morgan fingerprint density at radius 2 is 1.89 bits per heavy atom. The minimum absolute atomic E-state index is 0.00967. The van der Waals surface area contributed by atoms with Crippen LogP contribution in [0, 0.1) is 0 Å². The summed E-state index contributed by atoms with van der Waals surface area (Å²) in [5.41, 5.74) is 0. The summed E-state index contributed by atoms with van der Waals surface area (Å²) in [6.45, 7) is 5.76. The van der Waals surface area contributed by atoms with Crippen LogP contribution in [0.15, 0.2) is 12.2 Å². The lowest BCUT2D eigenvalue weighted by Crippen LogP contribution is -2.22. The van der Waals surface area contributed by atoms with E-state index in [-0.39, 0.29) is 24.3 Å². The van der Waals surface area contributed by atoms with Gasteiger partial charge in [0.1, 0.15) is 6.10 Å². The molecule has 0 spiro atoms. The second-order valence-corrected chi connectivity index (χ2v) is 5.88. The van der Waals surface area contributed by atoms with Gasteiger partial charge in [0.2, 0.25) is 0 Å². The molecule has 0 aliphatic carbocycles. The Labute approximate surface area is 115 Å². The van der Waals surface area contributed by atoms with Gasteiger partial charge in [0.15, 0.2) is 5.79 Å². The fourth-order valence-electron chi connectivity index (χ4n) is 2.67. The zero-order chi connectivity index (χ0) is 13.9. The van der Waals surface area contributed by atoms with Gasteiger partial charge in [-0.05, 0) is 46.1 Å². The van der Waals surface area contributed by atoms with Gasteiger partial charge in [-0.3, -0.25) is 0 Å². The topological polar surface area (TPSA) is 44.8 Å². The Kier molecular flexibility index (Phi) is 4.63. The summed E-state index contributed by atoms with van der Waals surface area (Å²) in [5.74, 6) is -0.864. The van der Waals surface area contributed by atoms with Crippen LogP contribution in [0.3, 0.4) is 0 Å². The van der Waals surface area contributed by atoms with Crippen LogP contribution in [0.2, 0.25) is 0 Å². The van der Waals surface area contributed by atoms with Crippen LogP contribution < -0.4 is 0 Å². The Morgan fingerprint density at radius 3 is 2.68 bits per heavy atom. The van der Waals surface area contributed by atoms with Gasteiger partial charge in [-0.1, -0.05) is 12.8 Å². The summed E-state index contributed by atoms with van der Waals surface area (Å²) in [6, 6.07) is 0. The molecule has 108 valence electrons. The van der Waals surface area contributed by atoms with Crippen molar-refractivity contribution in [2.75, 3.05) is 0 Å². The highest BCUT2D eigenvalue weighted by molar-refractivity contribution is 5.82. The van der Waals surface area contributed by atoms with E-state index in [4.69, 9.17) is 14.2 Å². The van der Waals surface area contributed by atoms with Gasteiger partial charge in [-0.15, -0.1) is 0 Å². The Morgan fingerprint density at radius 1 is 1.16 bits per heavy atom. The molecular formula is C15H24O4. The van der Waals surface area contributed by atoms with Crippen molar-refractivity contribution in [1.82, 2.24) is 0 Å². The summed E-state index contributed by atoms with van der Waals surface area (Å²) in [6.07, 6.45) is 8.36. The lowest BCUT2D eigenvalue weighted by atomic mass is 10.0. The number of cyclic esters (lactones) is 1. The van der Waals surface area contributed by atoms with Gasteiger partial charge < -0.3 is 14.2 Å². The fraction of sp³-hybridized carbons (Fsp3) is 0.800. The third kappa shape index (κ3) is 4.32. The first-order valence-corrected chi connectivity index (χ1v) is 7.21. The molecular weight excluding hydrogens is 244 g/mol. The number of hydrogen-bond donors (Lipinski definition) is 0. The number of esters is 1. The molecule has 4 nitrogen and oxygen atoms in total. The van der Waals surface area contributed by atoms with Gasteiger partial charge in [-0.25, -0.2) is 4.79 Å². The zero-order valence-electron chi connectivity index (χ0n) is 12.1. The van der Waals surface area contributed by atoms with Gasteiger partial charge in [-0.2, -0.15) is 0 Å². The minimum Gasteiger partial charge on any atom is -0.460 e. The number of carbonyl (C=O) groups is 1. The number of ether oxygens (including phenoxy) is 3. The number of carbonyl (C=O) groups excluding carboxylic acids is 1. The molecule has 2 rings (SSSR count). The Bertz CT molecular complexity index is 348. The summed E-state index contributed by atoms with van der Waals surface area (Å²) in [4.78, 5) is 11.7. The normalized spacial score (nSPS) is 37.6. The van der Waals surface area contributed by atoms with E-state index in [1.165, 1.54) is 6.08 Å². The molecule has 0 radical (unpaired) electrons. The molecule has 0 saturated carbocycles. The molecule has 0 aromatic carbocycles. The molecule has 0 bridgehead atoms. The van der Waals surface area contributed by atoms with Crippen LogP contribution in [-0.4, -0.2) is 30.1 Å². The molecule has 2 aliphatic rings. The third-order valence-electron chi connectivity index (χ3n) is 3.56. The van der Waals surface area contributed by atoms with Gasteiger partial charge in [0.05, 0.1) is 12.2 Å². The summed E-state index contributed by atoms with van der Waals surface area (Å²) >= 11 is 0. The van der Waals surface area contributed by atoms with E-state index in [0.717, 1.165) is 32.1 Å². The van der Waals surface area contributed by atoms with Crippen LogP contribution in [0.4, 0.5) is 0 Å². The van der Waals surface area contributed by atoms with Crippen LogP contribution >= 0.6 is 0 Å². The molecule has 0 aromatic heterocycles. The first kappa shape index (κ1) is 14.5. The van der Waals surface area contributed by atoms with Crippen molar-refractivity contribution in [3.63, 3.8) is 0 Å². The summed E-state index contributed by atoms with van der Waals surface area (Å²) in [5, 5.41) is 0. The molecule has 3 atom stereocenters. The predicted molar refractivity (Wildman–Crippen MR) is 71.6 cm³/mol. The molecule has 19 heavy (non-hydrogen) atoms. The number of rotatable bonds is 0. The molecule has 0 amide bonds. The maximum atomic E-state index is 11.7. The van der Waals surface area contributed by atoms with Crippen molar-refractivity contribution in [3.8, 4) is 0 Å². The lowest BCUT2D eigenvalue weighted by Gasteiger charge is -2.17. The summed E-state index contributed by atoms with van der Waals surface area (Å²) in [7, 11) is 0. The highest BCUT2D eigenvalue weighted by Gasteiger charge is 2.39. The monoisotopic (exact) mass is 268 g/mol. The van der Waals surface area contributed by atoms with E-state index in [9.17, 15) is 4.79 Å². The third-order valence-corrected chi connectivity index (χ3v) is 3.56. The first-order chi connectivity index (χ1) is 8.96. The maximum absolute atomic E-state index is 11.7. The van der Waals surface area contributed by atoms with E-state index in [1.54, 1.807) is 6.08 Å². The van der Waals surface area contributed by atoms with E-state index in [1.807, 2.05) is 20.8 Å². The average molecular weight is 268 g/mol. The molecule has 2 aliphatic heterocycles. The smallest absolute Gasteiger partial charge is 0.330 e. The van der Waals surface area contributed by atoms with Crippen LogP contribution in [0.1, 0.15) is 52.9 Å². The summed E-state index contributed by atoms with van der Waals surface area (Å²) < 4.78 is 17.0. The maximum Gasteiger partial charge on any atom is 0.330 e. The van der Waals surface area contributed by atoms with Crippen LogP contribution in [0.5, 0.6) is 0 Å². The van der Waals surface area contributed by atoms with Crippen molar-refractivity contribution in [3.05, 3.63) is 12.2 Å².